The fourth-order valence-corrected chi connectivity index (χ4v) is 2.78. The highest BCUT2D eigenvalue weighted by Crippen LogP contribution is 2.34. The lowest BCUT2D eigenvalue weighted by Gasteiger charge is -2.14. The molecule has 0 radical (unpaired) electrons. The van der Waals surface area contributed by atoms with E-state index in [9.17, 15) is 0 Å². The Bertz CT molecular complexity index is 608. The number of nitrogens with zero attached hydrogens (tertiary/aromatic N) is 2. The molecule has 0 fully saturated rings. The number of nitrogens with one attached hydrogen (secondary N) is 1. The lowest BCUT2D eigenvalue weighted by Crippen LogP contribution is -2.09. The molecule has 2 aromatic heterocycles. The average molecular weight is 305 g/mol. The first-order valence-electron chi connectivity index (χ1n) is 7.37. The van der Waals surface area contributed by atoms with Gasteiger partial charge in [0.25, 0.3) is 0 Å². The van der Waals surface area contributed by atoms with Crippen LogP contribution in [0.3, 0.4) is 0 Å². The van der Waals surface area contributed by atoms with Gasteiger partial charge in [0, 0.05) is 18.0 Å². The van der Waals surface area contributed by atoms with Crippen molar-refractivity contribution in [2.75, 3.05) is 11.9 Å². The largest absolute Gasteiger partial charge is 0.468 e. The van der Waals surface area contributed by atoms with Gasteiger partial charge in [0.15, 0.2) is 0 Å². The summed E-state index contributed by atoms with van der Waals surface area (Å²) in [5.41, 5.74) is 1.10. The van der Waals surface area contributed by atoms with E-state index in [0.29, 0.717) is 5.92 Å². The van der Waals surface area contributed by atoms with Crippen molar-refractivity contribution in [2.24, 2.45) is 0 Å². The van der Waals surface area contributed by atoms with Gasteiger partial charge in [0.2, 0.25) is 0 Å². The Balaban J connectivity index is 2.38. The standard InChI is InChI=1S/C16H23N3OS/c1-6-8-17-15-11(4)16(19-14(18-15)10(2)3)21-13-7-9-20-12(13)5/h7,9-10H,6,8H2,1-5H3,(H,17,18,19). The molecule has 0 saturated heterocycles. The van der Waals surface area contributed by atoms with Crippen LogP contribution in [-0.2, 0) is 0 Å². The minimum Gasteiger partial charge on any atom is -0.468 e. The van der Waals surface area contributed by atoms with E-state index in [4.69, 9.17) is 9.40 Å². The van der Waals surface area contributed by atoms with E-state index in [1.54, 1.807) is 18.0 Å². The summed E-state index contributed by atoms with van der Waals surface area (Å²) in [5.74, 6) is 3.05. The summed E-state index contributed by atoms with van der Waals surface area (Å²) in [5, 5.41) is 4.40. The molecule has 0 unspecified atom stereocenters. The zero-order valence-electron chi connectivity index (χ0n) is 13.4. The van der Waals surface area contributed by atoms with Gasteiger partial charge in [-0.1, -0.05) is 32.5 Å². The Hall–Kier alpha value is -1.49. The molecular weight excluding hydrogens is 282 g/mol. The van der Waals surface area contributed by atoms with Crippen LogP contribution in [0.15, 0.2) is 26.7 Å². The maximum atomic E-state index is 5.37. The van der Waals surface area contributed by atoms with Crippen LogP contribution in [0.4, 0.5) is 5.82 Å². The van der Waals surface area contributed by atoms with Gasteiger partial charge in [-0.15, -0.1) is 0 Å². The van der Waals surface area contributed by atoms with Gasteiger partial charge in [-0.05, 0) is 26.3 Å². The minimum absolute atomic E-state index is 0.303. The first-order valence-corrected chi connectivity index (χ1v) is 8.19. The first kappa shape index (κ1) is 15.9. The molecule has 2 heterocycles. The number of aryl methyl sites for hydroxylation is 1. The second-order valence-electron chi connectivity index (χ2n) is 5.39. The lowest BCUT2D eigenvalue weighted by atomic mass is 10.2. The molecule has 5 heteroatoms. The Labute approximate surface area is 130 Å². The van der Waals surface area contributed by atoms with Crippen LogP contribution in [0.2, 0.25) is 0 Å². The van der Waals surface area contributed by atoms with Crippen LogP contribution in [0.5, 0.6) is 0 Å². The Morgan fingerprint density at radius 1 is 1.29 bits per heavy atom. The lowest BCUT2D eigenvalue weighted by molar-refractivity contribution is 0.527. The van der Waals surface area contributed by atoms with E-state index in [1.165, 1.54) is 0 Å². The topological polar surface area (TPSA) is 51.0 Å². The molecule has 114 valence electrons. The molecule has 1 N–H and O–H groups in total. The molecule has 0 aromatic carbocycles. The monoisotopic (exact) mass is 305 g/mol. The van der Waals surface area contributed by atoms with Crippen LogP contribution in [0, 0.1) is 13.8 Å². The van der Waals surface area contributed by atoms with E-state index in [-0.39, 0.29) is 0 Å². The van der Waals surface area contributed by atoms with E-state index in [1.807, 2.05) is 13.0 Å². The molecule has 2 aromatic rings. The summed E-state index contributed by atoms with van der Waals surface area (Å²) >= 11 is 1.64. The normalized spacial score (nSPS) is 11.1. The van der Waals surface area contributed by atoms with Gasteiger partial charge in [0.1, 0.15) is 22.4 Å². The third-order valence-corrected chi connectivity index (χ3v) is 4.43. The Morgan fingerprint density at radius 2 is 2.05 bits per heavy atom. The number of aromatic nitrogens is 2. The highest BCUT2D eigenvalue weighted by Gasteiger charge is 2.15. The zero-order valence-corrected chi connectivity index (χ0v) is 14.2. The third-order valence-electron chi connectivity index (χ3n) is 3.20. The van der Waals surface area contributed by atoms with Crippen molar-refractivity contribution in [1.82, 2.24) is 9.97 Å². The third kappa shape index (κ3) is 3.79. The summed E-state index contributed by atoms with van der Waals surface area (Å²) in [6, 6.07) is 1.98. The highest BCUT2D eigenvalue weighted by atomic mass is 32.2. The van der Waals surface area contributed by atoms with Crippen LogP contribution in [0.1, 0.15) is 50.3 Å². The van der Waals surface area contributed by atoms with Crippen LogP contribution < -0.4 is 5.32 Å². The SMILES string of the molecule is CCCNc1nc(C(C)C)nc(Sc2ccoc2C)c1C. The minimum atomic E-state index is 0.303. The zero-order chi connectivity index (χ0) is 15.4. The maximum Gasteiger partial charge on any atom is 0.134 e. The quantitative estimate of drug-likeness (QED) is 0.778. The first-order chi connectivity index (χ1) is 10.0. The molecule has 0 aliphatic carbocycles. The van der Waals surface area contributed by atoms with Crippen molar-refractivity contribution in [3.05, 3.63) is 29.5 Å². The molecule has 0 amide bonds. The fourth-order valence-electron chi connectivity index (χ4n) is 1.87. The van der Waals surface area contributed by atoms with Crippen molar-refractivity contribution >= 4 is 17.6 Å². The fraction of sp³-hybridized carbons (Fsp3) is 0.500. The van der Waals surface area contributed by atoms with Gasteiger partial charge >= 0.3 is 0 Å². The molecule has 0 atom stereocenters. The molecule has 0 bridgehead atoms. The molecule has 0 saturated carbocycles. The summed E-state index contributed by atoms with van der Waals surface area (Å²) < 4.78 is 5.37. The van der Waals surface area contributed by atoms with Crippen molar-refractivity contribution in [1.29, 1.82) is 0 Å². The van der Waals surface area contributed by atoms with Gasteiger partial charge < -0.3 is 9.73 Å². The van der Waals surface area contributed by atoms with E-state index >= 15 is 0 Å². The molecule has 2 rings (SSSR count). The molecule has 0 spiro atoms. The number of hydrogen-bond acceptors (Lipinski definition) is 5. The predicted octanol–water partition coefficient (Wildman–Crippen LogP) is 4.78. The second kappa shape index (κ2) is 6.98. The van der Waals surface area contributed by atoms with Gasteiger partial charge in [-0.2, -0.15) is 0 Å². The number of anilines is 1. The van der Waals surface area contributed by atoms with Crippen LogP contribution in [-0.4, -0.2) is 16.5 Å². The van der Waals surface area contributed by atoms with E-state index < -0.39 is 0 Å². The molecule has 0 aliphatic heterocycles. The number of rotatable bonds is 6. The van der Waals surface area contributed by atoms with Gasteiger partial charge in [0.05, 0.1) is 11.2 Å². The van der Waals surface area contributed by atoms with Crippen molar-refractivity contribution in [3.63, 3.8) is 0 Å². The summed E-state index contributed by atoms with van der Waals surface area (Å²) in [4.78, 5) is 10.5. The Kier molecular flexibility index (Phi) is 5.28. The predicted molar refractivity (Wildman–Crippen MR) is 87.2 cm³/mol. The van der Waals surface area contributed by atoms with E-state index in [2.05, 4.69) is 38.0 Å². The van der Waals surface area contributed by atoms with E-state index in [0.717, 1.165) is 45.9 Å². The van der Waals surface area contributed by atoms with Gasteiger partial charge in [-0.25, -0.2) is 9.97 Å². The molecular formula is C16H23N3OS. The van der Waals surface area contributed by atoms with Crippen molar-refractivity contribution in [3.8, 4) is 0 Å². The molecule has 21 heavy (non-hydrogen) atoms. The van der Waals surface area contributed by atoms with Gasteiger partial charge in [-0.3, -0.25) is 0 Å². The Morgan fingerprint density at radius 3 is 2.62 bits per heavy atom. The summed E-state index contributed by atoms with van der Waals surface area (Å²) in [7, 11) is 0. The van der Waals surface area contributed by atoms with Crippen molar-refractivity contribution < 1.29 is 4.42 Å². The van der Waals surface area contributed by atoms with Crippen LogP contribution >= 0.6 is 11.8 Å². The molecule has 4 nitrogen and oxygen atoms in total. The van der Waals surface area contributed by atoms with Crippen molar-refractivity contribution in [2.45, 2.75) is 56.9 Å². The van der Waals surface area contributed by atoms with Crippen LogP contribution in [0.25, 0.3) is 0 Å². The number of furan rings is 1. The molecule has 0 aliphatic rings. The average Bonchev–Trinajstić information content (AvgIpc) is 2.85. The maximum absolute atomic E-state index is 5.37. The second-order valence-corrected chi connectivity index (χ2v) is 6.42. The number of hydrogen-bond donors (Lipinski definition) is 1. The summed E-state index contributed by atoms with van der Waals surface area (Å²) in [6.45, 7) is 11.3. The summed E-state index contributed by atoms with van der Waals surface area (Å²) in [6.07, 6.45) is 2.79. The smallest absolute Gasteiger partial charge is 0.134 e. The highest BCUT2D eigenvalue weighted by molar-refractivity contribution is 7.99.